The summed E-state index contributed by atoms with van der Waals surface area (Å²) in [6, 6.07) is 60.8. The van der Waals surface area contributed by atoms with E-state index in [0.717, 1.165) is 22.7 Å². The Labute approximate surface area is 245 Å². The van der Waals surface area contributed by atoms with Crippen molar-refractivity contribution in [1.82, 2.24) is 4.57 Å². The minimum absolute atomic E-state index is 1.12. The van der Waals surface area contributed by atoms with E-state index in [9.17, 15) is 0 Å². The van der Waals surface area contributed by atoms with Crippen molar-refractivity contribution in [2.24, 2.45) is 0 Å². The summed E-state index contributed by atoms with van der Waals surface area (Å²) in [5.74, 6) is 0. The highest BCUT2D eigenvalue weighted by molar-refractivity contribution is 6.18. The third kappa shape index (κ3) is 3.96. The Hall–Kier alpha value is -5.60. The van der Waals surface area contributed by atoms with Gasteiger partial charge < -0.3 is 9.47 Å². The van der Waals surface area contributed by atoms with Crippen LogP contribution in [-0.4, -0.2) is 4.57 Å². The van der Waals surface area contributed by atoms with Gasteiger partial charge in [0.25, 0.3) is 0 Å². The summed E-state index contributed by atoms with van der Waals surface area (Å²) in [6.07, 6.45) is 0. The molecule has 0 saturated carbocycles. The summed E-state index contributed by atoms with van der Waals surface area (Å²) < 4.78 is 2.41. The van der Waals surface area contributed by atoms with Crippen molar-refractivity contribution in [2.45, 2.75) is 0 Å². The van der Waals surface area contributed by atoms with Crippen molar-refractivity contribution in [2.75, 3.05) is 4.90 Å². The number of para-hydroxylation sites is 3. The molecule has 0 aliphatic carbocycles. The fraction of sp³-hybridized carbons (Fsp3) is 0. The van der Waals surface area contributed by atoms with Crippen LogP contribution in [0.15, 0.2) is 170 Å². The first-order valence-corrected chi connectivity index (χ1v) is 14.4. The topological polar surface area (TPSA) is 8.17 Å². The maximum atomic E-state index is 2.41. The van der Waals surface area contributed by atoms with E-state index in [-0.39, 0.29) is 0 Å². The molecule has 0 N–H and O–H groups in total. The van der Waals surface area contributed by atoms with Crippen molar-refractivity contribution in [1.29, 1.82) is 0 Å². The lowest BCUT2D eigenvalue weighted by atomic mass is 9.94. The third-order valence-corrected chi connectivity index (χ3v) is 8.16. The Balaban J connectivity index is 1.45. The van der Waals surface area contributed by atoms with Gasteiger partial charge in [-0.1, -0.05) is 115 Å². The van der Waals surface area contributed by atoms with E-state index in [1.807, 2.05) is 0 Å². The molecule has 8 aromatic rings. The highest BCUT2D eigenvalue weighted by Gasteiger charge is 2.20. The van der Waals surface area contributed by atoms with E-state index >= 15 is 0 Å². The number of rotatable bonds is 5. The van der Waals surface area contributed by atoms with Gasteiger partial charge in [-0.3, -0.25) is 0 Å². The van der Waals surface area contributed by atoms with Crippen LogP contribution in [0.25, 0.3) is 49.4 Å². The predicted molar refractivity (Wildman–Crippen MR) is 178 cm³/mol. The van der Waals surface area contributed by atoms with Crippen LogP contribution >= 0.6 is 0 Å². The highest BCUT2D eigenvalue weighted by Crippen LogP contribution is 2.43. The Morgan fingerprint density at radius 3 is 1.71 bits per heavy atom. The van der Waals surface area contributed by atoms with Gasteiger partial charge in [0, 0.05) is 33.5 Å². The van der Waals surface area contributed by atoms with Crippen molar-refractivity contribution in [3.8, 4) is 16.8 Å². The fourth-order valence-corrected chi connectivity index (χ4v) is 6.34. The van der Waals surface area contributed by atoms with Gasteiger partial charge in [0.15, 0.2) is 0 Å². The molecule has 42 heavy (non-hydrogen) atoms. The molecule has 0 saturated heterocycles. The lowest BCUT2D eigenvalue weighted by Crippen LogP contribution is -2.09. The second-order valence-electron chi connectivity index (χ2n) is 10.6. The molecule has 8 rings (SSSR count). The molecule has 198 valence electrons. The molecule has 1 aromatic heterocycles. The molecule has 0 spiro atoms. The molecule has 0 atom stereocenters. The van der Waals surface area contributed by atoms with Gasteiger partial charge in [0.2, 0.25) is 0 Å². The van der Waals surface area contributed by atoms with Crippen LogP contribution in [0.1, 0.15) is 0 Å². The summed E-state index contributed by atoms with van der Waals surface area (Å²) in [5, 5.41) is 5.03. The van der Waals surface area contributed by atoms with E-state index in [2.05, 4.69) is 179 Å². The molecule has 1 heterocycles. The Morgan fingerprint density at radius 1 is 0.381 bits per heavy atom. The van der Waals surface area contributed by atoms with Crippen LogP contribution in [0.4, 0.5) is 17.1 Å². The van der Waals surface area contributed by atoms with E-state index < -0.39 is 0 Å². The van der Waals surface area contributed by atoms with Crippen LogP contribution in [0.3, 0.4) is 0 Å². The molecule has 7 aromatic carbocycles. The van der Waals surface area contributed by atoms with E-state index in [1.54, 1.807) is 0 Å². The Kier molecular flexibility index (Phi) is 5.82. The maximum absolute atomic E-state index is 2.41. The first-order chi connectivity index (χ1) is 20.9. The molecule has 0 aliphatic heterocycles. The largest absolute Gasteiger partial charge is 0.310 e. The molecule has 0 unspecified atom stereocenters. The van der Waals surface area contributed by atoms with Crippen molar-refractivity contribution in [3.05, 3.63) is 170 Å². The lowest BCUT2D eigenvalue weighted by molar-refractivity contribution is 1.18. The number of anilines is 3. The Bertz CT molecular complexity index is 2130. The first-order valence-electron chi connectivity index (χ1n) is 14.4. The van der Waals surface area contributed by atoms with E-state index in [4.69, 9.17) is 0 Å². The van der Waals surface area contributed by atoms with Crippen LogP contribution in [-0.2, 0) is 0 Å². The smallest absolute Gasteiger partial charge is 0.0562 e. The minimum Gasteiger partial charge on any atom is -0.310 e. The second kappa shape index (κ2) is 10.1. The summed E-state index contributed by atoms with van der Waals surface area (Å²) >= 11 is 0. The normalized spacial score (nSPS) is 11.3. The molecule has 2 heteroatoms. The number of nitrogens with zero attached hydrogens (tertiary/aromatic N) is 2. The molecule has 0 bridgehead atoms. The number of hydrogen-bond acceptors (Lipinski definition) is 1. The zero-order valence-corrected chi connectivity index (χ0v) is 23.1. The maximum Gasteiger partial charge on any atom is 0.0562 e. The average Bonchev–Trinajstić information content (AvgIpc) is 3.40. The number of aromatic nitrogens is 1. The lowest BCUT2D eigenvalue weighted by Gasteiger charge is -2.25. The van der Waals surface area contributed by atoms with Gasteiger partial charge in [-0.05, 0) is 76.5 Å². The number of fused-ring (bicyclic) bond motifs is 4. The Morgan fingerprint density at radius 2 is 0.976 bits per heavy atom. The summed E-state index contributed by atoms with van der Waals surface area (Å²) in [5.41, 5.74) is 9.40. The molecule has 0 aliphatic rings. The monoisotopic (exact) mass is 536 g/mol. The molecular weight excluding hydrogens is 508 g/mol. The van der Waals surface area contributed by atoms with Crippen LogP contribution in [0.5, 0.6) is 0 Å². The third-order valence-electron chi connectivity index (χ3n) is 8.16. The summed E-state index contributed by atoms with van der Waals surface area (Å²) in [4.78, 5) is 2.33. The van der Waals surface area contributed by atoms with Crippen molar-refractivity contribution < 1.29 is 0 Å². The number of hydrogen-bond donors (Lipinski definition) is 0. The standard InChI is InChI=1S/C40H28N2/c1-4-16-30(17-5-1)41(31-18-6-2-7-19-31)33-26-27-37-39(28-33)42(32-20-8-3-9-21-32)38-25-13-24-36(40(37)38)35-23-12-15-29-14-10-11-22-34(29)35/h1-28H. The van der Waals surface area contributed by atoms with Gasteiger partial charge in [-0.2, -0.15) is 0 Å². The summed E-state index contributed by atoms with van der Waals surface area (Å²) in [7, 11) is 0. The van der Waals surface area contributed by atoms with Crippen LogP contribution < -0.4 is 4.90 Å². The minimum atomic E-state index is 1.12. The fourth-order valence-electron chi connectivity index (χ4n) is 6.34. The van der Waals surface area contributed by atoms with Gasteiger partial charge in [-0.25, -0.2) is 0 Å². The molecule has 0 fully saturated rings. The van der Waals surface area contributed by atoms with Gasteiger partial charge in [0.05, 0.1) is 11.0 Å². The van der Waals surface area contributed by atoms with Crippen LogP contribution in [0, 0.1) is 0 Å². The zero-order chi connectivity index (χ0) is 27.9. The molecule has 2 nitrogen and oxygen atoms in total. The van der Waals surface area contributed by atoms with Crippen molar-refractivity contribution in [3.63, 3.8) is 0 Å². The highest BCUT2D eigenvalue weighted by atomic mass is 15.1. The quantitative estimate of drug-likeness (QED) is 0.212. The molecular formula is C40H28N2. The number of benzene rings is 7. The molecule has 0 amide bonds. The van der Waals surface area contributed by atoms with Gasteiger partial charge in [-0.15, -0.1) is 0 Å². The van der Waals surface area contributed by atoms with Crippen LogP contribution in [0.2, 0.25) is 0 Å². The predicted octanol–water partition coefficient (Wildman–Crippen LogP) is 11.1. The average molecular weight is 537 g/mol. The zero-order valence-electron chi connectivity index (χ0n) is 23.1. The first kappa shape index (κ1) is 24.2. The molecule has 0 radical (unpaired) electrons. The van der Waals surface area contributed by atoms with Gasteiger partial charge >= 0.3 is 0 Å². The van der Waals surface area contributed by atoms with Gasteiger partial charge in [0.1, 0.15) is 0 Å². The van der Waals surface area contributed by atoms with E-state index in [0.29, 0.717) is 0 Å². The van der Waals surface area contributed by atoms with Crippen molar-refractivity contribution >= 4 is 49.6 Å². The SMILES string of the molecule is c1ccc(N(c2ccccc2)c2ccc3c4c(-c5cccc6ccccc56)cccc4n(-c4ccccc4)c3c2)cc1. The summed E-state index contributed by atoms with van der Waals surface area (Å²) in [6.45, 7) is 0. The second-order valence-corrected chi connectivity index (χ2v) is 10.6. The van der Waals surface area contributed by atoms with E-state index in [1.165, 1.54) is 43.7 Å².